The molecule has 2 aromatic carbocycles. The molecule has 0 aliphatic heterocycles. The van der Waals surface area contributed by atoms with Gasteiger partial charge in [-0.05, 0) is 35.7 Å². The van der Waals surface area contributed by atoms with Crippen molar-refractivity contribution in [1.82, 2.24) is 0 Å². The number of amides is 1. The van der Waals surface area contributed by atoms with E-state index in [9.17, 15) is 4.79 Å². The molecule has 3 heteroatoms. The Balaban J connectivity index is 2.25. The van der Waals surface area contributed by atoms with E-state index in [2.05, 4.69) is 13.8 Å². The van der Waals surface area contributed by atoms with Gasteiger partial charge in [0.05, 0.1) is 11.4 Å². The van der Waals surface area contributed by atoms with Gasteiger partial charge in [0.15, 0.2) is 0 Å². The molecule has 0 saturated heterocycles. The molecule has 2 N–H and O–H groups in total. The van der Waals surface area contributed by atoms with Crippen LogP contribution in [0.2, 0.25) is 0 Å². The van der Waals surface area contributed by atoms with Crippen LogP contribution >= 0.6 is 0 Å². The molecule has 0 aromatic heterocycles. The highest BCUT2D eigenvalue weighted by Gasteiger charge is 2.15. The molecule has 0 radical (unpaired) electrons. The lowest BCUT2D eigenvalue weighted by atomic mass is 10.0. The summed E-state index contributed by atoms with van der Waals surface area (Å²) in [6.45, 7) is 4.27. The molecule has 0 spiro atoms. The van der Waals surface area contributed by atoms with Gasteiger partial charge in [-0.25, -0.2) is 0 Å². The number of nitrogens with two attached hydrogens (primary N) is 1. The second kappa shape index (κ2) is 5.78. The van der Waals surface area contributed by atoms with Crippen molar-refractivity contribution in [2.45, 2.75) is 19.8 Å². The lowest BCUT2D eigenvalue weighted by Gasteiger charge is -2.19. The number of carbonyl (C=O) groups is 1. The molecule has 0 fully saturated rings. The van der Waals surface area contributed by atoms with Gasteiger partial charge in [0.2, 0.25) is 0 Å². The summed E-state index contributed by atoms with van der Waals surface area (Å²) in [6.07, 6.45) is 0. The molecule has 104 valence electrons. The molecule has 0 aliphatic carbocycles. The third-order valence-electron chi connectivity index (χ3n) is 3.43. The fraction of sp³-hybridized carbons (Fsp3) is 0.235. The van der Waals surface area contributed by atoms with E-state index < -0.39 is 0 Å². The molecule has 20 heavy (non-hydrogen) atoms. The zero-order valence-electron chi connectivity index (χ0n) is 12.1. The lowest BCUT2D eigenvalue weighted by molar-refractivity contribution is 0.0993. The van der Waals surface area contributed by atoms with E-state index in [1.807, 2.05) is 42.5 Å². The van der Waals surface area contributed by atoms with Crippen molar-refractivity contribution < 1.29 is 4.79 Å². The Morgan fingerprint density at radius 1 is 1.05 bits per heavy atom. The highest BCUT2D eigenvalue weighted by atomic mass is 16.2. The van der Waals surface area contributed by atoms with E-state index in [0.29, 0.717) is 17.2 Å². The summed E-state index contributed by atoms with van der Waals surface area (Å²) >= 11 is 0. The zero-order chi connectivity index (χ0) is 14.7. The summed E-state index contributed by atoms with van der Waals surface area (Å²) in [5.74, 6) is 0.403. The van der Waals surface area contributed by atoms with Gasteiger partial charge in [-0.1, -0.05) is 38.1 Å². The van der Waals surface area contributed by atoms with Gasteiger partial charge >= 0.3 is 0 Å². The van der Waals surface area contributed by atoms with Crippen molar-refractivity contribution in [1.29, 1.82) is 0 Å². The fourth-order valence-corrected chi connectivity index (χ4v) is 2.11. The van der Waals surface area contributed by atoms with E-state index in [4.69, 9.17) is 5.73 Å². The Kier molecular flexibility index (Phi) is 4.08. The fourth-order valence-electron chi connectivity index (χ4n) is 2.11. The van der Waals surface area contributed by atoms with Crippen LogP contribution in [0.3, 0.4) is 0 Å². The predicted octanol–water partition coefficient (Wildman–Crippen LogP) is 3.67. The number of benzene rings is 2. The topological polar surface area (TPSA) is 46.3 Å². The van der Waals surface area contributed by atoms with Crippen molar-refractivity contribution in [3.8, 4) is 0 Å². The summed E-state index contributed by atoms with van der Waals surface area (Å²) in [5, 5.41) is 0. The average molecular weight is 268 g/mol. The van der Waals surface area contributed by atoms with E-state index in [1.165, 1.54) is 5.56 Å². The van der Waals surface area contributed by atoms with E-state index >= 15 is 0 Å². The van der Waals surface area contributed by atoms with Crippen LogP contribution in [0.5, 0.6) is 0 Å². The highest BCUT2D eigenvalue weighted by Crippen LogP contribution is 2.23. The minimum Gasteiger partial charge on any atom is -0.397 e. The molecule has 0 heterocycles. The van der Waals surface area contributed by atoms with Crippen LogP contribution in [-0.2, 0) is 0 Å². The first-order chi connectivity index (χ1) is 9.50. The normalized spacial score (nSPS) is 10.6. The van der Waals surface area contributed by atoms with Crippen LogP contribution in [0.15, 0.2) is 48.5 Å². The third kappa shape index (κ3) is 2.82. The van der Waals surface area contributed by atoms with Crippen molar-refractivity contribution in [3.63, 3.8) is 0 Å². The second-order valence-corrected chi connectivity index (χ2v) is 5.20. The molecule has 0 aliphatic rings. The molecule has 0 saturated carbocycles. The Hall–Kier alpha value is -2.29. The van der Waals surface area contributed by atoms with Crippen LogP contribution in [-0.4, -0.2) is 13.0 Å². The maximum Gasteiger partial charge on any atom is 0.258 e. The largest absolute Gasteiger partial charge is 0.397 e. The monoisotopic (exact) mass is 268 g/mol. The predicted molar refractivity (Wildman–Crippen MR) is 84.1 cm³/mol. The smallest absolute Gasteiger partial charge is 0.258 e. The first-order valence-electron chi connectivity index (χ1n) is 6.73. The molecular formula is C17H20N2O. The van der Waals surface area contributed by atoms with Gasteiger partial charge in [0.25, 0.3) is 5.91 Å². The van der Waals surface area contributed by atoms with Crippen LogP contribution in [0.25, 0.3) is 0 Å². The van der Waals surface area contributed by atoms with Crippen LogP contribution < -0.4 is 10.6 Å². The number of rotatable bonds is 3. The van der Waals surface area contributed by atoms with Gasteiger partial charge < -0.3 is 10.6 Å². The summed E-state index contributed by atoms with van der Waals surface area (Å²) < 4.78 is 0. The van der Waals surface area contributed by atoms with Crippen LogP contribution in [0, 0.1) is 0 Å². The highest BCUT2D eigenvalue weighted by molar-refractivity contribution is 6.07. The standard InChI is InChI=1S/C17H20N2O/c1-12(2)13-8-10-14(11-9-13)17(20)19(3)16-7-5-4-6-15(16)18/h4-12H,18H2,1-3H3. The van der Waals surface area contributed by atoms with Gasteiger partial charge in [0.1, 0.15) is 0 Å². The molecule has 2 aromatic rings. The first-order valence-corrected chi connectivity index (χ1v) is 6.73. The molecule has 1 amide bonds. The summed E-state index contributed by atoms with van der Waals surface area (Å²) in [6, 6.07) is 15.1. The quantitative estimate of drug-likeness (QED) is 0.863. The molecule has 0 atom stereocenters. The number of hydrogen-bond donors (Lipinski definition) is 1. The number of hydrogen-bond acceptors (Lipinski definition) is 2. The summed E-state index contributed by atoms with van der Waals surface area (Å²) in [4.78, 5) is 14.0. The lowest BCUT2D eigenvalue weighted by Crippen LogP contribution is -2.26. The van der Waals surface area contributed by atoms with Gasteiger partial charge in [-0.3, -0.25) is 4.79 Å². The Bertz CT molecular complexity index is 603. The maximum atomic E-state index is 12.4. The van der Waals surface area contributed by atoms with Crippen molar-refractivity contribution >= 4 is 17.3 Å². The molecule has 0 bridgehead atoms. The van der Waals surface area contributed by atoms with Crippen molar-refractivity contribution in [2.24, 2.45) is 0 Å². The second-order valence-electron chi connectivity index (χ2n) is 5.20. The maximum absolute atomic E-state index is 12.4. The molecule has 2 rings (SSSR count). The van der Waals surface area contributed by atoms with Gasteiger partial charge in [-0.15, -0.1) is 0 Å². The minimum absolute atomic E-state index is 0.0572. The van der Waals surface area contributed by atoms with Gasteiger partial charge in [-0.2, -0.15) is 0 Å². The number of para-hydroxylation sites is 2. The van der Waals surface area contributed by atoms with E-state index in [1.54, 1.807) is 18.0 Å². The van der Waals surface area contributed by atoms with Crippen molar-refractivity contribution in [3.05, 3.63) is 59.7 Å². The zero-order valence-corrected chi connectivity index (χ0v) is 12.1. The number of carbonyl (C=O) groups excluding carboxylic acids is 1. The number of anilines is 2. The minimum atomic E-state index is -0.0572. The Labute approximate surface area is 120 Å². The Morgan fingerprint density at radius 2 is 1.65 bits per heavy atom. The van der Waals surface area contributed by atoms with Crippen LogP contribution in [0.4, 0.5) is 11.4 Å². The SMILES string of the molecule is CC(C)c1ccc(C(=O)N(C)c2ccccc2N)cc1. The third-order valence-corrected chi connectivity index (χ3v) is 3.43. The van der Waals surface area contributed by atoms with Gasteiger partial charge in [0, 0.05) is 12.6 Å². The van der Waals surface area contributed by atoms with E-state index in [0.717, 1.165) is 5.69 Å². The summed E-state index contributed by atoms with van der Waals surface area (Å²) in [7, 11) is 1.74. The molecular weight excluding hydrogens is 248 g/mol. The Morgan fingerprint density at radius 3 is 2.20 bits per heavy atom. The molecule has 0 unspecified atom stereocenters. The number of nitrogens with zero attached hydrogens (tertiary/aromatic N) is 1. The van der Waals surface area contributed by atoms with E-state index in [-0.39, 0.29) is 5.91 Å². The number of nitrogen functional groups attached to an aromatic ring is 1. The average Bonchev–Trinajstić information content (AvgIpc) is 2.46. The summed E-state index contributed by atoms with van der Waals surface area (Å²) in [5.41, 5.74) is 9.13. The van der Waals surface area contributed by atoms with Crippen LogP contribution in [0.1, 0.15) is 35.7 Å². The molecule has 3 nitrogen and oxygen atoms in total. The first kappa shape index (κ1) is 14.1. The van der Waals surface area contributed by atoms with Crippen molar-refractivity contribution in [2.75, 3.05) is 17.7 Å².